The second-order valence-electron chi connectivity index (χ2n) is 7.78. The van der Waals surface area contributed by atoms with Crippen molar-refractivity contribution < 1.29 is 18.0 Å². The van der Waals surface area contributed by atoms with Crippen LogP contribution in [-0.2, 0) is 6.18 Å². The molecule has 9 heteroatoms. The van der Waals surface area contributed by atoms with Gasteiger partial charge in [0.2, 0.25) is 5.82 Å². The van der Waals surface area contributed by atoms with E-state index in [0.717, 1.165) is 6.07 Å². The molecule has 0 spiro atoms. The Kier molecular flexibility index (Phi) is 5.68. The lowest BCUT2D eigenvalue weighted by molar-refractivity contribution is -0.138. The molecular formula is C22H24F3N5O. The number of fused-ring (bicyclic) bond motifs is 2. The highest BCUT2D eigenvalue weighted by Crippen LogP contribution is 2.48. The third-order valence-electron chi connectivity index (χ3n) is 6.05. The molecule has 1 saturated carbocycles. The van der Waals surface area contributed by atoms with Gasteiger partial charge in [0.25, 0.3) is 11.7 Å². The number of amides is 1. The number of likely N-dealkylation sites (tertiary alicyclic amines) is 1. The molecule has 0 bridgehead atoms. The number of hydrogen-bond donors (Lipinski definition) is 0. The van der Waals surface area contributed by atoms with Gasteiger partial charge in [0.05, 0.1) is 5.56 Å². The molecule has 0 N–H and O–H groups in total. The Bertz CT molecular complexity index is 1030. The van der Waals surface area contributed by atoms with Gasteiger partial charge in [-0.1, -0.05) is 32.0 Å². The fourth-order valence-corrected chi connectivity index (χ4v) is 4.80. The van der Waals surface area contributed by atoms with E-state index in [1.165, 1.54) is 10.6 Å². The molecule has 164 valence electrons. The molecule has 1 saturated heterocycles. The van der Waals surface area contributed by atoms with Gasteiger partial charge in [-0.15, -0.1) is 5.10 Å². The summed E-state index contributed by atoms with van der Waals surface area (Å²) < 4.78 is 41.5. The number of nitrogens with zero attached hydrogens (tertiary/aromatic N) is 5. The Hall–Kier alpha value is -2.97. The minimum absolute atomic E-state index is 0.0997. The summed E-state index contributed by atoms with van der Waals surface area (Å²) in [6.07, 6.45) is 0.216. The summed E-state index contributed by atoms with van der Waals surface area (Å²) in [7, 11) is 0. The van der Waals surface area contributed by atoms with Crippen molar-refractivity contribution in [1.29, 1.82) is 0 Å². The fraction of sp³-hybridized carbons (Fsp3) is 0.455. The van der Waals surface area contributed by atoms with Crippen LogP contribution in [0.1, 0.15) is 54.4 Å². The van der Waals surface area contributed by atoms with E-state index in [2.05, 4.69) is 15.1 Å². The van der Waals surface area contributed by atoms with Crippen molar-refractivity contribution in [2.75, 3.05) is 13.1 Å². The number of hydrogen-bond acceptors (Lipinski definition) is 4. The van der Waals surface area contributed by atoms with Gasteiger partial charge in [0.1, 0.15) is 0 Å². The van der Waals surface area contributed by atoms with Crippen LogP contribution in [-0.4, -0.2) is 43.5 Å². The third kappa shape index (κ3) is 4.00. The van der Waals surface area contributed by atoms with Crippen LogP contribution in [0.15, 0.2) is 42.7 Å². The average molecular weight is 431 g/mol. The Balaban J connectivity index is 0.00000112. The Morgan fingerprint density at radius 3 is 2.39 bits per heavy atom. The van der Waals surface area contributed by atoms with Crippen LogP contribution in [0.4, 0.5) is 13.2 Å². The van der Waals surface area contributed by atoms with E-state index in [0.29, 0.717) is 37.3 Å². The number of benzene rings is 1. The summed E-state index contributed by atoms with van der Waals surface area (Å²) in [5.74, 6) is 0.470. The first-order chi connectivity index (χ1) is 14.9. The summed E-state index contributed by atoms with van der Waals surface area (Å²) >= 11 is 0. The standard InChI is InChI=1S/C20H18F3N5O.C2H6/c21-20(22,23)16-5-2-1-4-15(16)12-8-13-10-27(11-14(13)9-12)18(29)17-25-19-24-6-3-7-28(19)26-17;1-2/h1-7,12-14H,8-11H2;1-2H3/t12?,13-,14+;. The molecule has 6 nitrogen and oxygen atoms in total. The first kappa shape index (κ1) is 21.3. The second-order valence-corrected chi connectivity index (χ2v) is 7.78. The van der Waals surface area contributed by atoms with Crippen molar-refractivity contribution in [3.63, 3.8) is 0 Å². The Labute approximate surface area is 178 Å². The van der Waals surface area contributed by atoms with Gasteiger partial charge in [-0.3, -0.25) is 4.79 Å². The first-order valence-electron chi connectivity index (χ1n) is 10.5. The summed E-state index contributed by atoms with van der Waals surface area (Å²) in [6, 6.07) is 7.54. The predicted octanol–water partition coefficient (Wildman–Crippen LogP) is 4.44. The Morgan fingerprint density at radius 2 is 1.74 bits per heavy atom. The molecule has 3 heterocycles. The van der Waals surface area contributed by atoms with Crippen LogP contribution in [0.2, 0.25) is 0 Å². The van der Waals surface area contributed by atoms with Crippen molar-refractivity contribution in [2.45, 2.75) is 38.8 Å². The Morgan fingerprint density at radius 1 is 1.06 bits per heavy atom. The minimum Gasteiger partial charge on any atom is -0.335 e. The number of rotatable bonds is 2. The molecule has 1 unspecified atom stereocenters. The van der Waals surface area contributed by atoms with Crippen LogP contribution in [0.5, 0.6) is 0 Å². The predicted molar refractivity (Wildman–Crippen MR) is 108 cm³/mol. The van der Waals surface area contributed by atoms with Crippen molar-refractivity contribution in [2.24, 2.45) is 11.8 Å². The third-order valence-corrected chi connectivity index (χ3v) is 6.05. The van der Waals surface area contributed by atoms with Gasteiger partial charge in [-0.05, 0) is 48.3 Å². The maximum atomic E-state index is 13.4. The van der Waals surface area contributed by atoms with E-state index in [1.54, 1.807) is 35.5 Å². The van der Waals surface area contributed by atoms with Crippen molar-refractivity contribution >= 4 is 11.7 Å². The van der Waals surface area contributed by atoms with Gasteiger partial charge < -0.3 is 4.90 Å². The average Bonchev–Trinajstić information content (AvgIpc) is 3.47. The lowest BCUT2D eigenvalue weighted by Crippen LogP contribution is -2.30. The zero-order valence-electron chi connectivity index (χ0n) is 17.4. The minimum atomic E-state index is -4.35. The van der Waals surface area contributed by atoms with Crippen LogP contribution in [0.25, 0.3) is 5.78 Å². The van der Waals surface area contributed by atoms with Crippen LogP contribution < -0.4 is 0 Å². The molecular weight excluding hydrogens is 407 g/mol. The summed E-state index contributed by atoms with van der Waals surface area (Å²) in [6.45, 7) is 5.05. The summed E-state index contributed by atoms with van der Waals surface area (Å²) in [4.78, 5) is 22.8. The summed E-state index contributed by atoms with van der Waals surface area (Å²) in [5, 5.41) is 4.18. The number of alkyl halides is 3. The van der Waals surface area contributed by atoms with Gasteiger partial charge >= 0.3 is 6.18 Å². The molecule has 5 rings (SSSR count). The lowest BCUT2D eigenvalue weighted by Gasteiger charge is -2.21. The van der Waals surface area contributed by atoms with Crippen molar-refractivity contribution in [3.05, 3.63) is 59.7 Å². The smallest absolute Gasteiger partial charge is 0.335 e. The highest BCUT2D eigenvalue weighted by atomic mass is 19.4. The van der Waals surface area contributed by atoms with E-state index in [4.69, 9.17) is 0 Å². The topological polar surface area (TPSA) is 63.4 Å². The highest BCUT2D eigenvalue weighted by Gasteiger charge is 2.45. The molecule has 3 atom stereocenters. The largest absolute Gasteiger partial charge is 0.416 e. The number of aromatic nitrogens is 4. The zero-order chi connectivity index (χ0) is 22.2. The van der Waals surface area contributed by atoms with E-state index in [9.17, 15) is 18.0 Å². The zero-order valence-corrected chi connectivity index (χ0v) is 17.4. The molecule has 31 heavy (non-hydrogen) atoms. The number of carbonyl (C=O) groups excluding carboxylic acids is 1. The number of carbonyl (C=O) groups is 1. The molecule has 2 aromatic heterocycles. The lowest BCUT2D eigenvalue weighted by atomic mass is 9.91. The molecule has 1 amide bonds. The van der Waals surface area contributed by atoms with Gasteiger partial charge in [-0.2, -0.15) is 18.2 Å². The monoisotopic (exact) mass is 431 g/mol. The molecule has 2 fully saturated rings. The van der Waals surface area contributed by atoms with E-state index in [1.807, 2.05) is 13.8 Å². The second kappa shape index (κ2) is 8.28. The first-order valence-corrected chi connectivity index (χ1v) is 10.5. The van der Waals surface area contributed by atoms with E-state index < -0.39 is 11.7 Å². The van der Waals surface area contributed by atoms with E-state index in [-0.39, 0.29) is 29.5 Å². The highest BCUT2D eigenvalue weighted by molar-refractivity contribution is 5.91. The molecule has 2 aliphatic rings. The quantitative estimate of drug-likeness (QED) is 0.602. The SMILES string of the molecule is CC.O=C(c1nc2ncccn2n1)N1C[C@H]2CC(c3ccccc3C(F)(F)F)C[C@H]2C1. The molecule has 3 aromatic rings. The van der Waals surface area contributed by atoms with Gasteiger partial charge in [0.15, 0.2) is 0 Å². The molecule has 1 aliphatic carbocycles. The van der Waals surface area contributed by atoms with Gasteiger partial charge in [-0.25, -0.2) is 9.50 Å². The molecule has 0 radical (unpaired) electrons. The van der Waals surface area contributed by atoms with E-state index >= 15 is 0 Å². The van der Waals surface area contributed by atoms with Crippen LogP contribution in [0, 0.1) is 11.8 Å². The molecule has 1 aromatic carbocycles. The van der Waals surface area contributed by atoms with Crippen LogP contribution >= 0.6 is 0 Å². The van der Waals surface area contributed by atoms with Crippen molar-refractivity contribution in [3.8, 4) is 0 Å². The normalized spacial score (nSPS) is 22.9. The maximum absolute atomic E-state index is 13.4. The summed E-state index contributed by atoms with van der Waals surface area (Å²) in [5.41, 5.74) is -0.167. The van der Waals surface area contributed by atoms with Crippen molar-refractivity contribution in [1.82, 2.24) is 24.5 Å². The maximum Gasteiger partial charge on any atom is 0.416 e. The number of halogens is 3. The van der Waals surface area contributed by atoms with Gasteiger partial charge in [0, 0.05) is 25.5 Å². The fourth-order valence-electron chi connectivity index (χ4n) is 4.80. The molecule has 1 aliphatic heterocycles. The van der Waals surface area contributed by atoms with Crippen LogP contribution in [0.3, 0.4) is 0 Å².